The number of hydrogen-bond donors (Lipinski definition) is 0. The molecule has 1 heterocycles. The van der Waals surface area contributed by atoms with E-state index in [9.17, 15) is 4.39 Å². The first-order valence-electron chi connectivity index (χ1n) is 9.50. The van der Waals surface area contributed by atoms with Crippen molar-refractivity contribution in [2.45, 2.75) is 18.9 Å². The Bertz CT molecular complexity index is 941. The fourth-order valence-electron chi connectivity index (χ4n) is 4.02. The molecule has 1 aliphatic rings. The van der Waals surface area contributed by atoms with Crippen molar-refractivity contribution in [1.29, 1.82) is 0 Å². The predicted octanol–water partition coefficient (Wildman–Crippen LogP) is 5.19. The van der Waals surface area contributed by atoms with Crippen LogP contribution in [0.25, 0.3) is 0 Å². The van der Waals surface area contributed by atoms with E-state index in [4.69, 9.17) is 9.47 Å². The molecule has 0 bridgehead atoms. The van der Waals surface area contributed by atoms with E-state index in [1.807, 2.05) is 18.2 Å². The third-order valence-electron chi connectivity index (χ3n) is 5.43. The molecule has 0 aliphatic carbocycles. The Morgan fingerprint density at radius 1 is 0.929 bits per heavy atom. The van der Waals surface area contributed by atoms with Crippen LogP contribution in [-0.4, -0.2) is 20.8 Å². The molecule has 0 N–H and O–H groups in total. The third-order valence-corrected chi connectivity index (χ3v) is 5.43. The lowest BCUT2D eigenvalue weighted by molar-refractivity contribution is 0.353. The molecule has 0 amide bonds. The predicted molar refractivity (Wildman–Crippen MR) is 110 cm³/mol. The quantitative estimate of drug-likeness (QED) is 0.611. The number of halogens is 1. The number of methoxy groups -OCH3 is 2. The standard InChI is InChI=1S/C24H24FNO2/c1-27-23-15-18-12-13-26(20-6-4-3-5-7-20)22(21(18)16-24(23)28-2)14-17-8-10-19(25)11-9-17/h3-11,15-16,22H,12-14H2,1-2H3. The second-order valence-corrected chi connectivity index (χ2v) is 7.03. The lowest BCUT2D eigenvalue weighted by Crippen LogP contribution is -2.36. The maximum Gasteiger partial charge on any atom is 0.161 e. The van der Waals surface area contributed by atoms with Crippen molar-refractivity contribution in [3.63, 3.8) is 0 Å². The topological polar surface area (TPSA) is 21.7 Å². The number of anilines is 1. The molecular formula is C24H24FNO2. The lowest BCUT2D eigenvalue weighted by Gasteiger charge is -2.39. The Morgan fingerprint density at radius 3 is 2.29 bits per heavy atom. The van der Waals surface area contributed by atoms with Gasteiger partial charge in [-0.25, -0.2) is 4.39 Å². The van der Waals surface area contributed by atoms with Gasteiger partial charge in [-0.15, -0.1) is 0 Å². The first-order valence-corrected chi connectivity index (χ1v) is 9.50. The van der Waals surface area contributed by atoms with Crippen molar-refractivity contribution in [2.75, 3.05) is 25.7 Å². The summed E-state index contributed by atoms with van der Waals surface area (Å²) in [5, 5.41) is 0. The van der Waals surface area contributed by atoms with E-state index in [0.717, 1.165) is 36.4 Å². The number of benzene rings is 3. The summed E-state index contributed by atoms with van der Waals surface area (Å²) in [4.78, 5) is 2.43. The second-order valence-electron chi connectivity index (χ2n) is 7.03. The van der Waals surface area contributed by atoms with E-state index < -0.39 is 0 Å². The molecule has 3 aromatic carbocycles. The van der Waals surface area contributed by atoms with E-state index in [1.54, 1.807) is 14.2 Å². The minimum absolute atomic E-state index is 0.136. The second kappa shape index (κ2) is 7.93. The highest BCUT2D eigenvalue weighted by Gasteiger charge is 2.29. The zero-order valence-electron chi connectivity index (χ0n) is 16.2. The molecule has 1 aliphatic heterocycles. The Morgan fingerprint density at radius 2 is 1.61 bits per heavy atom. The van der Waals surface area contributed by atoms with Crippen LogP contribution >= 0.6 is 0 Å². The Hall–Kier alpha value is -3.01. The first-order chi connectivity index (χ1) is 13.7. The maximum absolute atomic E-state index is 13.4. The van der Waals surface area contributed by atoms with Crippen molar-refractivity contribution < 1.29 is 13.9 Å². The summed E-state index contributed by atoms with van der Waals surface area (Å²) in [5.74, 6) is 1.29. The largest absolute Gasteiger partial charge is 0.493 e. The minimum Gasteiger partial charge on any atom is -0.493 e. The van der Waals surface area contributed by atoms with Gasteiger partial charge < -0.3 is 14.4 Å². The summed E-state index contributed by atoms with van der Waals surface area (Å²) in [5.41, 5.74) is 4.80. The van der Waals surface area contributed by atoms with Crippen LogP contribution in [0.5, 0.6) is 11.5 Å². The molecule has 1 unspecified atom stereocenters. The van der Waals surface area contributed by atoms with Gasteiger partial charge >= 0.3 is 0 Å². The average molecular weight is 377 g/mol. The minimum atomic E-state index is -0.209. The third kappa shape index (κ3) is 3.55. The van der Waals surface area contributed by atoms with Crippen molar-refractivity contribution in [3.8, 4) is 11.5 Å². The van der Waals surface area contributed by atoms with E-state index in [1.165, 1.54) is 28.9 Å². The van der Waals surface area contributed by atoms with Gasteiger partial charge in [-0.05, 0) is 65.9 Å². The van der Waals surface area contributed by atoms with Crippen molar-refractivity contribution in [2.24, 2.45) is 0 Å². The smallest absolute Gasteiger partial charge is 0.161 e. The molecule has 0 aromatic heterocycles. The maximum atomic E-state index is 13.4. The highest BCUT2D eigenvalue weighted by molar-refractivity contribution is 5.56. The fourth-order valence-corrected chi connectivity index (χ4v) is 4.02. The van der Waals surface area contributed by atoms with Gasteiger partial charge in [0.1, 0.15) is 5.82 Å². The van der Waals surface area contributed by atoms with E-state index in [2.05, 4.69) is 41.3 Å². The highest BCUT2D eigenvalue weighted by atomic mass is 19.1. The van der Waals surface area contributed by atoms with Crippen LogP contribution in [0.4, 0.5) is 10.1 Å². The Labute approximate surface area is 165 Å². The molecular weight excluding hydrogens is 353 g/mol. The number of nitrogens with zero attached hydrogens (tertiary/aromatic N) is 1. The first kappa shape index (κ1) is 18.4. The Balaban J connectivity index is 1.79. The van der Waals surface area contributed by atoms with Gasteiger partial charge in [-0.3, -0.25) is 0 Å². The van der Waals surface area contributed by atoms with Crippen LogP contribution in [0.1, 0.15) is 22.7 Å². The van der Waals surface area contributed by atoms with Gasteiger partial charge in [0.05, 0.1) is 20.3 Å². The molecule has 1 atom stereocenters. The lowest BCUT2D eigenvalue weighted by atomic mass is 9.87. The highest BCUT2D eigenvalue weighted by Crippen LogP contribution is 2.41. The number of hydrogen-bond acceptors (Lipinski definition) is 3. The SMILES string of the molecule is COc1cc2c(cc1OC)C(Cc1ccc(F)cc1)N(c1ccccc1)CC2. The zero-order chi connectivity index (χ0) is 19.5. The molecule has 0 saturated carbocycles. The summed E-state index contributed by atoms with van der Waals surface area (Å²) in [6, 6.07) is 21.6. The van der Waals surface area contributed by atoms with Crippen molar-refractivity contribution in [3.05, 3.63) is 89.2 Å². The zero-order valence-corrected chi connectivity index (χ0v) is 16.2. The molecule has 0 fully saturated rings. The summed E-state index contributed by atoms with van der Waals surface area (Å²) < 4.78 is 24.5. The van der Waals surface area contributed by atoms with Crippen molar-refractivity contribution in [1.82, 2.24) is 0 Å². The normalized spacial score (nSPS) is 15.8. The van der Waals surface area contributed by atoms with Gasteiger partial charge in [0.15, 0.2) is 11.5 Å². The Kier molecular flexibility index (Phi) is 5.20. The molecule has 144 valence electrons. The van der Waals surface area contributed by atoms with Crippen LogP contribution in [0.2, 0.25) is 0 Å². The van der Waals surface area contributed by atoms with Gasteiger partial charge in [-0.2, -0.15) is 0 Å². The molecule has 0 radical (unpaired) electrons. The number of fused-ring (bicyclic) bond motifs is 1. The summed E-state index contributed by atoms with van der Waals surface area (Å²) in [7, 11) is 3.33. The fraction of sp³-hybridized carbons (Fsp3) is 0.250. The molecule has 3 nitrogen and oxygen atoms in total. The van der Waals surface area contributed by atoms with Crippen LogP contribution in [0, 0.1) is 5.82 Å². The monoisotopic (exact) mass is 377 g/mol. The molecule has 0 spiro atoms. The molecule has 4 rings (SSSR count). The molecule has 0 saturated heterocycles. The van der Waals surface area contributed by atoms with Gasteiger partial charge in [-0.1, -0.05) is 30.3 Å². The number of ether oxygens (including phenoxy) is 2. The van der Waals surface area contributed by atoms with Gasteiger partial charge in [0.25, 0.3) is 0 Å². The van der Waals surface area contributed by atoms with Gasteiger partial charge in [0, 0.05) is 12.2 Å². The number of rotatable bonds is 5. The van der Waals surface area contributed by atoms with Crippen LogP contribution in [0.3, 0.4) is 0 Å². The molecule has 3 aromatic rings. The van der Waals surface area contributed by atoms with E-state index in [0.29, 0.717) is 0 Å². The summed E-state index contributed by atoms with van der Waals surface area (Å²) in [6.07, 6.45) is 1.72. The van der Waals surface area contributed by atoms with E-state index in [-0.39, 0.29) is 11.9 Å². The molecule has 28 heavy (non-hydrogen) atoms. The van der Waals surface area contributed by atoms with E-state index >= 15 is 0 Å². The van der Waals surface area contributed by atoms with Gasteiger partial charge in [0.2, 0.25) is 0 Å². The molecule has 4 heteroatoms. The average Bonchev–Trinajstić information content (AvgIpc) is 2.75. The van der Waals surface area contributed by atoms with Crippen LogP contribution in [0.15, 0.2) is 66.7 Å². The van der Waals surface area contributed by atoms with Crippen LogP contribution in [-0.2, 0) is 12.8 Å². The van der Waals surface area contributed by atoms with Crippen molar-refractivity contribution >= 4 is 5.69 Å². The van der Waals surface area contributed by atoms with Crippen LogP contribution < -0.4 is 14.4 Å². The summed E-state index contributed by atoms with van der Waals surface area (Å²) in [6.45, 7) is 0.915. The number of para-hydroxylation sites is 1. The summed E-state index contributed by atoms with van der Waals surface area (Å²) >= 11 is 0.